The molecule has 1 aromatic rings. The molecule has 116 valence electrons. The number of benzene rings is 1. The Morgan fingerprint density at radius 3 is 2.81 bits per heavy atom. The molecule has 3 atom stereocenters. The van der Waals surface area contributed by atoms with Crippen molar-refractivity contribution in [2.45, 2.75) is 52.4 Å². The fraction of sp³-hybridized carbons (Fsp3) is 0.647. The quantitative estimate of drug-likeness (QED) is 0.896. The number of nitrogens with one attached hydrogen (secondary N) is 1. The summed E-state index contributed by atoms with van der Waals surface area (Å²) in [6.45, 7) is 9.43. The molecule has 3 rings (SSSR count). The Hall–Kier alpha value is -0.930. The third-order valence-corrected chi connectivity index (χ3v) is 5.01. The van der Waals surface area contributed by atoms with Crippen molar-refractivity contribution in [1.82, 2.24) is 0 Å². The molecule has 1 heterocycles. The summed E-state index contributed by atoms with van der Waals surface area (Å²) in [6, 6.07) is 6.39. The first-order chi connectivity index (χ1) is 9.89. The van der Waals surface area contributed by atoms with Crippen molar-refractivity contribution in [3.8, 4) is 5.75 Å². The minimum absolute atomic E-state index is 0.128. The molecule has 1 aliphatic heterocycles. The van der Waals surface area contributed by atoms with Crippen molar-refractivity contribution in [1.29, 1.82) is 0 Å². The third-order valence-electron chi connectivity index (χ3n) is 4.72. The number of anilines is 1. The molecular formula is C17H24ClNO2. The van der Waals surface area contributed by atoms with E-state index < -0.39 is 0 Å². The number of hydrogen-bond donors (Lipinski definition) is 1. The molecule has 1 saturated carbocycles. The molecule has 3 nitrogen and oxygen atoms in total. The molecule has 0 spiro atoms. The van der Waals surface area contributed by atoms with E-state index in [0.29, 0.717) is 23.1 Å². The zero-order valence-electron chi connectivity index (χ0n) is 13.2. The van der Waals surface area contributed by atoms with Crippen molar-refractivity contribution in [3.63, 3.8) is 0 Å². The summed E-state index contributed by atoms with van der Waals surface area (Å²) in [4.78, 5) is 0. The van der Waals surface area contributed by atoms with Crippen LogP contribution in [0.5, 0.6) is 5.75 Å². The van der Waals surface area contributed by atoms with Gasteiger partial charge in [-0.2, -0.15) is 0 Å². The molecule has 4 heteroatoms. The largest absolute Gasteiger partial charge is 0.489 e. The van der Waals surface area contributed by atoms with Gasteiger partial charge in [-0.3, -0.25) is 0 Å². The van der Waals surface area contributed by atoms with Crippen LogP contribution in [0.25, 0.3) is 0 Å². The van der Waals surface area contributed by atoms with E-state index in [1.807, 2.05) is 32.0 Å². The summed E-state index contributed by atoms with van der Waals surface area (Å²) in [5.41, 5.74) is 1.22. The van der Waals surface area contributed by atoms with E-state index in [0.717, 1.165) is 24.5 Å². The lowest BCUT2D eigenvalue weighted by Gasteiger charge is -2.55. The molecule has 1 N–H and O–H groups in total. The van der Waals surface area contributed by atoms with E-state index >= 15 is 0 Å². The molecular weight excluding hydrogens is 286 g/mol. The number of halogens is 1. The Labute approximate surface area is 132 Å². The first-order valence-corrected chi connectivity index (χ1v) is 8.11. The average Bonchev–Trinajstić information content (AvgIpc) is 2.85. The minimum atomic E-state index is 0.128. The van der Waals surface area contributed by atoms with Crippen molar-refractivity contribution in [2.75, 3.05) is 11.9 Å². The van der Waals surface area contributed by atoms with Gasteiger partial charge < -0.3 is 14.8 Å². The van der Waals surface area contributed by atoms with Gasteiger partial charge in [0.2, 0.25) is 0 Å². The Morgan fingerprint density at radius 2 is 2.14 bits per heavy atom. The summed E-state index contributed by atoms with van der Waals surface area (Å²) >= 11 is 6.31. The van der Waals surface area contributed by atoms with Gasteiger partial charge in [0.1, 0.15) is 5.75 Å². The van der Waals surface area contributed by atoms with Gasteiger partial charge in [0.25, 0.3) is 0 Å². The molecule has 0 amide bonds. The molecule has 2 aliphatic rings. The smallest absolute Gasteiger partial charge is 0.138 e. The van der Waals surface area contributed by atoms with Gasteiger partial charge in [-0.15, -0.1) is 0 Å². The van der Waals surface area contributed by atoms with Crippen LogP contribution in [0, 0.1) is 11.3 Å². The highest BCUT2D eigenvalue weighted by Crippen LogP contribution is 2.53. The predicted octanol–water partition coefficient (Wildman–Crippen LogP) is 4.35. The van der Waals surface area contributed by atoms with Crippen molar-refractivity contribution < 1.29 is 9.47 Å². The van der Waals surface area contributed by atoms with Crippen molar-refractivity contribution in [2.24, 2.45) is 11.3 Å². The maximum absolute atomic E-state index is 6.31. The first kappa shape index (κ1) is 15.0. The van der Waals surface area contributed by atoms with Gasteiger partial charge in [-0.25, -0.2) is 0 Å². The highest BCUT2D eigenvalue weighted by Gasteiger charge is 2.59. The second-order valence-electron chi connectivity index (χ2n) is 7.00. The Morgan fingerprint density at radius 1 is 1.38 bits per heavy atom. The number of fused-ring (bicyclic) bond motifs is 1. The van der Waals surface area contributed by atoms with Crippen LogP contribution in [0.3, 0.4) is 0 Å². The molecule has 1 aromatic carbocycles. The molecule has 2 fully saturated rings. The lowest BCUT2D eigenvalue weighted by atomic mass is 9.57. The maximum Gasteiger partial charge on any atom is 0.138 e. The SMILES string of the molecule is CC(C)Oc1ccc(NC2C3CCOC3C2(C)C)cc1Cl. The third kappa shape index (κ3) is 2.62. The second-order valence-corrected chi connectivity index (χ2v) is 7.41. The van der Waals surface area contributed by atoms with Crippen LogP contribution in [0.15, 0.2) is 18.2 Å². The van der Waals surface area contributed by atoms with Crippen LogP contribution in [0.1, 0.15) is 34.1 Å². The molecule has 0 bridgehead atoms. The fourth-order valence-electron chi connectivity index (χ4n) is 3.74. The number of hydrogen-bond acceptors (Lipinski definition) is 3. The van der Waals surface area contributed by atoms with Gasteiger partial charge in [-0.05, 0) is 38.5 Å². The Balaban J connectivity index is 1.72. The lowest BCUT2D eigenvalue weighted by Crippen LogP contribution is -2.63. The molecule has 0 aromatic heterocycles. The molecule has 1 aliphatic carbocycles. The van der Waals surface area contributed by atoms with Crippen LogP contribution in [-0.2, 0) is 4.74 Å². The first-order valence-electron chi connectivity index (χ1n) is 7.74. The average molecular weight is 310 g/mol. The van der Waals surface area contributed by atoms with Gasteiger partial charge in [0.15, 0.2) is 0 Å². The van der Waals surface area contributed by atoms with Crippen LogP contribution < -0.4 is 10.1 Å². The monoisotopic (exact) mass is 309 g/mol. The summed E-state index contributed by atoms with van der Waals surface area (Å²) in [7, 11) is 0. The van der Waals surface area contributed by atoms with Crippen LogP contribution in [-0.4, -0.2) is 24.9 Å². The van der Waals surface area contributed by atoms with E-state index in [1.165, 1.54) is 0 Å². The summed E-state index contributed by atoms with van der Waals surface area (Å²) in [5, 5.41) is 4.30. The van der Waals surface area contributed by atoms with Crippen LogP contribution >= 0.6 is 11.6 Å². The summed E-state index contributed by atoms with van der Waals surface area (Å²) in [6.07, 6.45) is 1.67. The van der Waals surface area contributed by atoms with Gasteiger partial charge in [-0.1, -0.05) is 25.4 Å². The van der Waals surface area contributed by atoms with E-state index in [9.17, 15) is 0 Å². The summed E-state index contributed by atoms with van der Waals surface area (Å²) in [5.74, 6) is 1.36. The zero-order valence-corrected chi connectivity index (χ0v) is 13.9. The molecule has 0 radical (unpaired) electrons. The molecule has 1 saturated heterocycles. The maximum atomic E-state index is 6.31. The Kier molecular flexibility index (Phi) is 3.83. The highest BCUT2D eigenvalue weighted by atomic mass is 35.5. The highest BCUT2D eigenvalue weighted by molar-refractivity contribution is 6.32. The summed E-state index contributed by atoms with van der Waals surface area (Å²) < 4.78 is 11.5. The van der Waals surface area contributed by atoms with Crippen molar-refractivity contribution in [3.05, 3.63) is 23.2 Å². The van der Waals surface area contributed by atoms with E-state index in [2.05, 4.69) is 19.2 Å². The van der Waals surface area contributed by atoms with Crippen LogP contribution in [0.2, 0.25) is 5.02 Å². The number of ether oxygens (including phenoxy) is 2. The standard InChI is InChI=1S/C17H24ClNO2/c1-10(2)21-14-6-5-11(9-13(14)18)19-15-12-7-8-20-16(12)17(15,3)4/h5-6,9-10,12,15-16,19H,7-8H2,1-4H3. The lowest BCUT2D eigenvalue weighted by molar-refractivity contribution is -0.0923. The fourth-order valence-corrected chi connectivity index (χ4v) is 3.96. The van der Waals surface area contributed by atoms with E-state index in [4.69, 9.17) is 21.1 Å². The topological polar surface area (TPSA) is 30.5 Å². The van der Waals surface area contributed by atoms with Gasteiger partial charge in [0.05, 0.1) is 17.2 Å². The minimum Gasteiger partial charge on any atom is -0.489 e. The number of rotatable bonds is 4. The van der Waals surface area contributed by atoms with Gasteiger partial charge in [0, 0.05) is 29.7 Å². The van der Waals surface area contributed by atoms with E-state index in [-0.39, 0.29) is 11.5 Å². The zero-order chi connectivity index (χ0) is 15.2. The van der Waals surface area contributed by atoms with E-state index in [1.54, 1.807) is 0 Å². The van der Waals surface area contributed by atoms with Gasteiger partial charge >= 0.3 is 0 Å². The normalized spacial score (nSPS) is 29.9. The predicted molar refractivity (Wildman–Crippen MR) is 86.3 cm³/mol. The second kappa shape index (κ2) is 5.36. The molecule has 3 unspecified atom stereocenters. The molecule has 21 heavy (non-hydrogen) atoms. The van der Waals surface area contributed by atoms with Crippen molar-refractivity contribution >= 4 is 17.3 Å². The van der Waals surface area contributed by atoms with Crippen LogP contribution in [0.4, 0.5) is 5.69 Å². The Bertz CT molecular complexity index is 530.